The second-order valence-electron chi connectivity index (χ2n) is 7.28. The molecule has 0 heterocycles. The zero-order valence-corrected chi connectivity index (χ0v) is 13.1. The summed E-state index contributed by atoms with van der Waals surface area (Å²) >= 11 is 0. The van der Waals surface area contributed by atoms with Gasteiger partial charge in [-0.05, 0) is 48.3 Å². The third-order valence-corrected chi connectivity index (χ3v) is 5.66. The van der Waals surface area contributed by atoms with E-state index in [1.807, 2.05) is 0 Å². The first-order valence-corrected chi connectivity index (χ1v) is 7.91. The van der Waals surface area contributed by atoms with E-state index in [-0.39, 0.29) is 0 Å². The average Bonchev–Trinajstić information content (AvgIpc) is 2.25. The number of hydrogen-bond acceptors (Lipinski definition) is 0. The lowest BCUT2D eigenvalue weighted by Crippen LogP contribution is -2.35. The molecule has 3 unspecified atom stereocenters. The molecular formula is C17H34. The van der Waals surface area contributed by atoms with Gasteiger partial charge in [0.2, 0.25) is 0 Å². The van der Waals surface area contributed by atoms with E-state index in [0.29, 0.717) is 5.41 Å². The minimum absolute atomic E-state index is 0.697. The van der Waals surface area contributed by atoms with Gasteiger partial charge in [0.1, 0.15) is 0 Å². The molecule has 1 rings (SSSR count). The van der Waals surface area contributed by atoms with Crippen LogP contribution in [-0.4, -0.2) is 0 Å². The first-order chi connectivity index (χ1) is 7.91. The Hall–Kier alpha value is 0. The Balaban J connectivity index is 2.28. The number of hydrogen-bond donors (Lipinski definition) is 0. The summed E-state index contributed by atoms with van der Waals surface area (Å²) in [4.78, 5) is 0. The Labute approximate surface area is 110 Å². The molecule has 0 aromatic carbocycles. The fourth-order valence-corrected chi connectivity index (χ4v) is 3.81. The van der Waals surface area contributed by atoms with E-state index in [1.54, 1.807) is 0 Å². The van der Waals surface area contributed by atoms with Gasteiger partial charge in [0.15, 0.2) is 0 Å². The smallest absolute Gasteiger partial charge is 0.0323 e. The third-order valence-electron chi connectivity index (χ3n) is 5.66. The van der Waals surface area contributed by atoms with E-state index < -0.39 is 0 Å². The summed E-state index contributed by atoms with van der Waals surface area (Å²) in [6.45, 7) is 14.5. The molecule has 0 aliphatic heterocycles. The fraction of sp³-hybridized carbons (Fsp3) is 1.00. The summed E-state index contributed by atoms with van der Waals surface area (Å²) in [6.07, 6.45) is 8.58. The van der Waals surface area contributed by atoms with Gasteiger partial charge in [0.05, 0.1) is 0 Å². The second-order valence-corrected chi connectivity index (χ2v) is 7.28. The summed E-state index contributed by atoms with van der Waals surface area (Å²) < 4.78 is 0. The van der Waals surface area contributed by atoms with Crippen molar-refractivity contribution < 1.29 is 0 Å². The summed E-state index contributed by atoms with van der Waals surface area (Å²) in [5.74, 6) is 3.77. The van der Waals surface area contributed by atoms with Crippen LogP contribution in [0.3, 0.4) is 0 Å². The number of rotatable bonds is 7. The minimum atomic E-state index is 0.697. The highest BCUT2D eigenvalue weighted by Crippen LogP contribution is 2.50. The van der Waals surface area contributed by atoms with Gasteiger partial charge >= 0.3 is 0 Å². The largest absolute Gasteiger partial charge is 0.0654 e. The van der Waals surface area contributed by atoms with Crippen LogP contribution in [0.4, 0.5) is 0 Å². The molecule has 0 saturated heterocycles. The van der Waals surface area contributed by atoms with Crippen molar-refractivity contribution in [2.45, 2.75) is 80.1 Å². The maximum atomic E-state index is 2.48. The van der Waals surface area contributed by atoms with Crippen molar-refractivity contribution in [2.24, 2.45) is 29.1 Å². The van der Waals surface area contributed by atoms with E-state index >= 15 is 0 Å². The minimum Gasteiger partial charge on any atom is -0.0654 e. The molecule has 17 heavy (non-hydrogen) atoms. The van der Waals surface area contributed by atoms with E-state index in [2.05, 4.69) is 41.5 Å². The summed E-state index contributed by atoms with van der Waals surface area (Å²) in [6, 6.07) is 0. The van der Waals surface area contributed by atoms with Crippen LogP contribution in [0.1, 0.15) is 80.1 Å². The molecule has 1 aliphatic carbocycles. The Kier molecular flexibility index (Phi) is 5.54. The molecule has 0 spiro atoms. The highest BCUT2D eigenvalue weighted by Gasteiger charge is 2.39. The van der Waals surface area contributed by atoms with Crippen molar-refractivity contribution in [1.82, 2.24) is 0 Å². The van der Waals surface area contributed by atoms with E-state index in [4.69, 9.17) is 0 Å². The molecule has 0 N–H and O–H groups in total. The molecule has 0 bridgehead atoms. The molecule has 1 saturated carbocycles. The highest BCUT2D eigenvalue weighted by atomic mass is 14.4. The van der Waals surface area contributed by atoms with Crippen molar-refractivity contribution >= 4 is 0 Å². The predicted octanol–water partition coefficient (Wildman–Crippen LogP) is 5.91. The normalized spacial score (nSPS) is 33.9. The van der Waals surface area contributed by atoms with Crippen LogP contribution >= 0.6 is 0 Å². The van der Waals surface area contributed by atoms with Crippen molar-refractivity contribution in [1.29, 1.82) is 0 Å². The standard InChI is InChI=1S/C17H34/c1-7-9-13(3)15(5)14(4)10-16-11-17(6,8-2)12-16/h13-16H,7-12H2,1-6H3. The molecule has 0 aromatic rings. The van der Waals surface area contributed by atoms with Gasteiger partial charge in [-0.25, -0.2) is 0 Å². The van der Waals surface area contributed by atoms with Gasteiger partial charge in [0.25, 0.3) is 0 Å². The molecule has 0 nitrogen and oxygen atoms in total. The molecule has 1 aliphatic rings. The lowest BCUT2D eigenvalue weighted by molar-refractivity contribution is 0.0445. The summed E-state index contributed by atoms with van der Waals surface area (Å²) in [7, 11) is 0. The quantitative estimate of drug-likeness (QED) is 0.517. The Morgan fingerprint density at radius 1 is 1.06 bits per heavy atom. The molecule has 1 fully saturated rings. The van der Waals surface area contributed by atoms with Crippen LogP contribution in [0.15, 0.2) is 0 Å². The van der Waals surface area contributed by atoms with Gasteiger partial charge in [-0.15, -0.1) is 0 Å². The molecule has 0 aromatic heterocycles. The van der Waals surface area contributed by atoms with Crippen molar-refractivity contribution in [3.8, 4) is 0 Å². The van der Waals surface area contributed by atoms with Crippen molar-refractivity contribution in [2.75, 3.05) is 0 Å². The van der Waals surface area contributed by atoms with Gasteiger partial charge in [-0.1, -0.05) is 60.8 Å². The SMILES string of the molecule is CCCC(C)C(C)C(C)CC1CC(C)(CC)C1. The van der Waals surface area contributed by atoms with Crippen molar-refractivity contribution in [3.63, 3.8) is 0 Å². The van der Waals surface area contributed by atoms with Crippen LogP contribution in [0, 0.1) is 29.1 Å². The molecule has 0 heteroatoms. The van der Waals surface area contributed by atoms with E-state index in [1.165, 1.54) is 38.5 Å². The van der Waals surface area contributed by atoms with Crippen molar-refractivity contribution in [3.05, 3.63) is 0 Å². The summed E-state index contributed by atoms with van der Waals surface area (Å²) in [5, 5.41) is 0. The predicted molar refractivity (Wildman–Crippen MR) is 78.1 cm³/mol. The molecule has 3 atom stereocenters. The third kappa shape index (κ3) is 4.00. The van der Waals surface area contributed by atoms with E-state index in [9.17, 15) is 0 Å². The van der Waals surface area contributed by atoms with Gasteiger partial charge in [-0.3, -0.25) is 0 Å². The zero-order chi connectivity index (χ0) is 13.1. The fourth-order valence-electron chi connectivity index (χ4n) is 3.81. The Bertz CT molecular complexity index is 212. The first-order valence-electron chi connectivity index (χ1n) is 7.91. The second kappa shape index (κ2) is 6.25. The zero-order valence-electron chi connectivity index (χ0n) is 13.1. The Morgan fingerprint density at radius 3 is 2.12 bits per heavy atom. The molecular weight excluding hydrogens is 204 g/mol. The van der Waals surface area contributed by atoms with E-state index in [0.717, 1.165) is 23.7 Å². The van der Waals surface area contributed by atoms with Gasteiger partial charge in [0, 0.05) is 0 Å². The monoisotopic (exact) mass is 238 g/mol. The maximum absolute atomic E-state index is 2.48. The maximum Gasteiger partial charge on any atom is -0.0323 e. The molecule has 102 valence electrons. The van der Waals surface area contributed by atoms with Crippen LogP contribution < -0.4 is 0 Å². The summed E-state index contributed by atoms with van der Waals surface area (Å²) in [5.41, 5.74) is 0.697. The lowest BCUT2D eigenvalue weighted by atomic mass is 9.59. The van der Waals surface area contributed by atoms with Crippen LogP contribution in [0.2, 0.25) is 0 Å². The van der Waals surface area contributed by atoms with Crippen LogP contribution in [-0.2, 0) is 0 Å². The van der Waals surface area contributed by atoms with Gasteiger partial charge in [-0.2, -0.15) is 0 Å². The average molecular weight is 238 g/mol. The Morgan fingerprint density at radius 2 is 1.65 bits per heavy atom. The topological polar surface area (TPSA) is 0 Å². The van der Waals surface area contributed by atoms with Crippen LogP contribution in [0.25, 0.3) is 0 Å². The highest BCUT2D eigenvalue weighted by molar-refractivity contribution is 4.90. The van der Waals surface area contributed by atoms with Gasteiger partial charge < -0.3 is 0 Å². The first kappa shape index (κ1) is 15.1. The van der Waals surface area contributed by atoms with Crippen LogP contribution in [0.5, 0.6) is 0 Å². The lowest BCUT2D eigenvalue weighted by Gasteiger charge is -2.46. The molecule has 0 amide bonds. The molecule has 0 radical (unpaired) electrons.